The molecule has 0 aliphatic heterocycles. The molecular formula is C12H15N3OS2. The Hall–Kier alpha value is -1.11. The summed E-state index contributed by atoms with van der Waals surface area (Å²) in [6.45, 7) is 3.14. The third-order valence-electron chi connectivity index (χ3n) is 2.22. The van der Waals surface area contributed by atoms with Gasteiger partial charge in [0.25, 0.3) is 0 Å². The maximum absolute atomic E-state index is 5.66. The van der Waals surface area contributed by atoms with Crippen molar-refractivity contribution in [2.24, 2.45) is 5.73 Å². The number of nitrogens with zero attached hydrogens (tertiary/aromatic N) is 2. The molecule has 0 fully saturated rings. The van der Waals surface area contributed by atoms with Crippen molar-refractivity contribution in [3.8, 4) is 5.75 Å². The summed E-state index contributed by atoms with van der Waals surface area (Å²) in [5, 5.41) is 9.01. The summed E-state index contributed by atoms with van der Waals surface area (Å²) < 4.78 is 6.65. The van der Waals surface area contributed by atoms with Gasteiger partial charge >= 0.3 is 0 Å². The fourth-order valence-corrected chi connectivity index (χ4v) is 3.09. The average molecular weight is 281 g/mol. The second kappa shape index (κ2) is 6.72. The van der Waals surface area contributed by atoms with Gasteiger partial charge in [-0.3, -0.25) is 0 Å². The summed E-state index contributed by atoms with van der Waals surface area (Å²) in [6, 6.07) is 7.86. The molecule has 0 bridgehead atoms. The van der Waals surface area contributed by atoms with Crippen LogP contribution in [0.1, 0.15) is 10.6 Å². The molecule has 1 heterocycles. The number of hydrogen-bond donors (Lipinski definition) is 1. The summed E-state index contributed by atoms with van der Waals surface area (Å²) in [4.78, 5) is 0. The Balaban J connectivity index is 1.74. The highest BCUT2D eigenvalue weighted by atomic mass is 32.2. The third kappa shape index (κ3) is 3.97. The molecule has 0 radical (unpaired) electrons. The molecule has 1 aromatic heterocycles. The molecule has 0 saturated carbocycles. The van der Waals surface area contributed by atoms with E-state index in [2.05, 4.69) is 10.2 Å². The van der Waals surface area contributed by atoms with Crippen LogP contribution in [-0.4, -0.2) is 22.6 Å². The van der Waals surface area contributed by atoms with Gasteiger partial charge in [-0.15, -0.1) is 10.2 Å². The van der Waals surface area contributed by atoms with Gasteiger partial charge in [-0.05, 0) is 24.6 Å². The van der Waals surface area contributed by atoms with Crippen LogP contribution in [-0.2, 0) is 6.54 Å². The van der Waals surface area contributed by atoms with Crippen molar-refractivity contribution in [3.63, 3.8) is 0 Å². The Morgan fingerprint density at radius 1 is 1.39 bits per heavy atom. The van der Waals surface area contributed by atoms with Crippen LogP contribution in [0.2, 0.25) is 0 Å². The smallest absolute Gasteiger partial charge is 0.174 e. The van der Waals surface area contributed by atoms with Crippen molar-refractivity contribution < 1.29 is 4.74 Å². The first-order chi connectivity index (χ1) is 8.78. The van der Waals surface area contributed by atoms with Crippen molar-refractivity contribution in [3.05, 3.63) is 34.8 Å². The molecule has 6 heteroatoms. The van der Waals surface area contributed by atoms with E-state index in [1.807, 2.05) is 31.2 Å². The monoisotopic (exact) mass is 281 g/mol. The van der Waals surface area contributed by atoms with Crippen LogP contribution >= 0.6 is 23.1 Å². The van der Waals surface area contributed by atoms with E-state index in [1.165, 1.54) is 0 Å². The number of ether oxygens (including phenoxy) is 1. The molecular weight excluding hydrogens is 266 g/mol. The van der Waals surface area contributed by atoms with E-state index in [0.717, 1.165) is 26.4 Å². The fourth-order valence-electron chi connectivity index (χ4n) is 1.39. The van der Waals surface area contributed by atoms with Crippen molar-refractivity contribution in [2.45, 2.75) is 17.8 Å². The lowest BCUT2D eigenvalue weighted by atomic mass is 10.2. The van der Waals surface area contributed by atoms with Gasteiger partial charge in [-0.2, -0.15) is 0 Å². The van der Waals surface area contributed by atoms with Crippen molar-refractivity contribution in [1.29, 1.82) is 0 Å². The SMILES string of the molecule is Cc1nnc(SCCOc2cccc(CN)c2)s1. The predicted molar refractivity (Wildman–Crippen MR) is 75.2 cm³/mol. The molecule has 96 valence electrons. The lowest BCUT2D eigenvalue weighted by molar-refractivity contribution is 0.343. The van der Waals surface area contributed by atoms with Crippen LogP contribution in [0, 0.1) is 6.92 Å². The van der Waals surface area contributed by atoms with E-state index in [0.29, 0.717) is 13.2 Å². The topological polar surface area (TPSA) is 61.0 Å². The Morgan fingerprint density at radius 3 is 3.00 bits per heavy atom. The molecule has 0 amide bonds. The first-order valence-corrected chi connectivity index (χ1v) is 7.43. The molecule has 18 heavy (non-hydrogen) atoms. The standard InChI is InChI=1S/C12H15N3OS2/c1-9-14-15-12(18-9)17-6-5-16-11-4-2-3-10(7-11)8-13/h2-4,7H,5-6,8,13H2,1H3. The van der Waals surface area contributed by atoms with Crippen LogP contribution in [0.5, 0.6) is 5.75 Å². The Morgan fingerprint density at radius 2 is 2.28 bits per heavy atom. The van der Waals surface area contributed by atoms with Gasteiger partial charge in [0.05, 0.1) is 6.61 Å². The molecule has 0 unspecified atom stereocenters. The number of nitrogens with two attached hydrogens (primary N) is 1. The van der Waals surface area contributed by atoms with Gasteiger partial charge in [-0.1, -0.05) is 35.2 Å². The Bertz CT molecular complexity index is 502. The summed E-state index contributed by atoms with van der Waals surface area (Å²) in [7, 11) is 0. The molecule has 1 aromatic carbocycles. The first kappa shape index (κ1) is 13.3. The second-order valence-corrected chi connectivity index (χ2v) is 6.16. The van der Waals surface area contributed by atoms with Crippen LogP contribution in [0.4, 0.5) is 0 Å². The molecule has 0 saturated heterocycles. The highest BCUT2D eigenvalue weighted by molar-refractivity contribution is 8.01. The lowest BCUT2D eigenvalue weighted by Crippen LogP contribution is -2.01. The zero-order valence-electron chi connectivity index (χ0n) is 10.1. The largest absolute Gasteiger partial charge is 0.493 e. The van der Waals surface area contributed by atoms with E-state index in [9.17, 15) is 0 Å². The van der Waals surface area contributed by atoms with E-state index >= 15 is 0 Å². The van der Waals surface area contributed by atoms with Crippen LogP contribution in [0.3, 0.4) is 0 Å². The van der Waals surface area contributed by atoms with Gasteiger partial charge in [0.1, 0.15) is 10.8 Å². The van der Waals surface area contributed by atoms with Gasteiger partial charge in [0, 0.05) is 12.3 Å². The van der Waals surface area contributed by atoms with Gasteiger partial charge in [0.15, 0.2) is 4.34 Å². The average Bonchev–Trinajstić information content (AvgIpc) is 2.81. The van der Waals surface area contributed by atoms with Gasteiger partial charge in [0.2, 0.25) is 0 Å². The quantitative estimate of drug-likeness (QED) is 0.651. The maximum atomic E-state index is 5.66. The van der Waals surface area contributed by atoms with E-state index in [4.69, 9.17) is 10.5 Å². The minimum absolute atomic E-state index is 0.538. The normalized spacial score (nSPS) is 10.6. The molecule has 0 atom stereocenters. The molecule has 2 N–H and O–H groups in total. The molecule has 2 rings (SSSR count). The summed E-state index contributed by atoms with van der Waals surface area (Å²) >= 11 is 3.27. The summed E-state index contributed by atoms with van der Waals surface area (Å²) in [6.07, 6.45) is 0. The van der Waals surface area contributed by atoms with E-state index < -0.39 is 0 Å². The molecule has 0 aliphatic carbocycles. The first-order valence-electron chi connectivity index (χ1n) is 5.62. The number of thioether (sulfide) groups is 1. The zero-order valence-corrected chi connectivity index (χ0v) is 11.8. The summed E-state index contributed by atoms with van der Waals surface area (Å²) in [5.41, 5.74) is 6.66. The number of aryl methyl sites for hydroxylation is 1. The number of aromatic nitrogens is 2. The van der Waals surface area contributed by atoms with Crippen molar-refractivity contribution >= 4 is 23.1 Å². The predicted octanol–water partition coefficient (Wildman–Crippen LogP) is 2.48. The number of hydrogen-bond acceptors (Lipinski definition) is 6. The molecule has 0 aliphatic rings. The number of benzene rings is 1. The van der Waals surface area contributed by atoms with Crippen molar-refractivity contribution in [1.82, 2.24) is 10.2 Å². The van der Waals surface area contributed by atoms with Crippen LogP contribution in [0.25, 0.3) is 0 Å². The molecule has 2 aromatic rings. The Labute approximate surface area is 115 Å². The third-order valence-corrected chi connectivity index (χ3v) is 4.16. The fraction of sp³-hybridized carbons (Fsp3) is 0.333. The van der Waals surface area contributed by atoms with Gasteiger partial charge in [-0.25, -0.2) is 0 Å². The highest BCUT2D eigenvalue weighted by Crippen LogP contribution is 2.21. The van der Waals surface area contributed by atoms with Crippen LogP contribution in [0.15, 0.2) is 28.6 Å². The van der Waals surface area contributed by atoms with E-state index in [-0.39, 0.29) is 0 Å². The zero-order chi connectivity index (χ0) is 12.8. The van der Waals surface area contributed by atoms with E-state index in [1.54, 1.807) is 23.1 Å². The van der Waals surface area contributed by atoms with Crippen LogP contribution < -0.4 is 10.5 Å². The highest BCUT2D eigenvalue weighted by Gasteiger charge is 2.01. The second-order valence-electron chi connectivity index (χ2n) is 3.64. The molecule has 4 nitrogen and oxygen atoms in total. The number of rotatable bonds is 6. The maximum Gasteiger partial charge on any atom is 0.174 e. The summed E-state index contributed by atoms with van der Waals surface area (Å²) in [5.74, 6) is 1.73. The van der Waals surface area contributed by atoms with Crippen molar-refractivity contribution in [2.75, 3.05) is 12.4 Å². The minimum Gasteiger partial charge on any atom is -0.493 e. The molecule has 0 spiro atoms. The Kier molecular flexibility index (Phi) is 4.98. The van der Waals surface area contributed by atoms with Gasteiger partial charge < -0.3 is 10.5 Å². The minimum atomic E-state index is 0.538. The lowest BCUT2D eigenvalue weighted by Gasteiger charge is -2.06.